The zero-order valence-electron chi connectivity index (χ0n) is 70.8. The summed E-state index contributed by atoms with van der Waals surface area (Å²) in [5.74, 6) is 3.78. The van der Waals surface area contributed by atoms with Gasteiger partial charge in [-0.3, -0.25) is 4.98 Å². The Morgan fingerprint density at radius 1 is 0.291 bits per heavy atom. The Hall–Kier alpha value is -10.4. The standard InChI is InChI=1S/C111H124N4O2/c1-6-11-16-21-24-31-43-80(42-29-19-14-9-4)78-115-110-102-76-92(83-48-35-28-36-49-83)65-70-97(102)96-69-64-91(75-101(96)109(110)114-111(115)106-93-51-38-37-50-88(93)66-71-105(106)117-79-81(44-30-20-15-10-5)45-32-25-22-17-12-7-2)87-60-58-86(59-61-87)89-62-67-94-95-68-63-90(85-56-54-84(55-57-85)82-46-33-27-34-47-82)74-100(95)108-107(99(94)73-89)112-77-103(113-108)98-52-39-40-53-104(98)116-72-41-26-23-18-13-8-3/h27-28,33-40,46-71,73-77,80-81H,6-26,29-32,41-45,72,78-79H2,1-5H3. The zero-order valence-corrected chi connectivity index (χ0v) is 70.8. The van der Waals surface area contributed by atoms with Crippen molar-refractivity contribution in [3.8, 4) is 89.8 Å². The fourth-order valence-electron chi connectivity index (χ4n) is 18.5. The molecule has 600 valence electrons. The third-order valence-electron chi connectivity index (χ3n) is 25.2. The van der Waals surface area contributed by atoms with Crippen molar-refractivity contribution < 1.29 is 9.47 Å². The highest BCUT2D eigenvalue weighted by atomic mass is 16.5. The number of para-hydroxylation sites is 1. The van der Waals surface area contributed by atoms with Gasteiger partial charge in [-0.05, 0) is 174 Å². The van der Waals surface area contributed by atoms with Crippen molar-refractivity contribution in [1.82, 2.24) is 19.5 Å². The van der Waals surface area contributed by atoms with E-state index in [-0.39, 0.29) is 0 Å². The average Bonchev–Trinajstić information content (AvgIpc) is 1.62. The highest BCUT2D eigenvalue weighted by Gasteiger charge is 2.27. The van der Waals surface area contributed by atoms with Crippen LogP contribution in [0.5, 0.6) is 11.5 Å². The topological polar surface area (TPSA) is 62.1 Å². The number of ether oxygens (including phenoxy) is 2. The lowest BCUT2D eigenvalue weighted by Crippen LogP contribution is -2.15. The minimum absolute atomic E-state index is 0.471. The Balaban J connectivity index is 0.847. The van der Waals surface area contributed by atoms with Crippen LogP contribution in [0, 0.1) is 11.8 Å². The van der Waals surface area contributed by atoms with Crippen molar-refractivity contribution >= 4 is 75.9 Å². The Kier molecular flexibility index (Phi) is 28.7. The zero-order chi connectivity index (χ0) is 79.9. The van der Waals surface area contributed by atoms with E-state index in [2.05, 4.69) is 282 Å². The molecular formula is C111H124N4O2. The number of aromatic nitrogens is 4. The predicted octanol–water partition coefficient (Wildman–Crippen LogP) is 33.2. The van der Waals surface area contributed by atoms with Crippen molar-refractivity contribution in [2.75, 3.05) is 13.2 Å². The van der Waals surface area contributed by atoms with Crippen molar-refractivity contribution in [3.63, 3.8) is 0 Å². The molecule has 0 saturated heterocycles. The summed E-state index contributed by atoms with van der Waals surface area (Å²) in [6, 6.07) is 90.2. The SMILES string of the molecule is CCCCCCCCOc1ccccc1-c1cnc2c3cc(-c4ccc(-c5ccc6c7ccc(-c8ccccc8)cc7c7c(nc(-c8c(OCC(CCCCCC)CCCCCCCC)ccc9ccccc89)n7CC(CCCCCC)CCCCCCCC)c6c5)cc4)ccc3c3ccc(-c4ccc(-c5ccccc5)cc4)cc3c2n1. The Morgan fingerprint density at radius 2 is 0.692 bits per heavy atom. The molecule has 0 radical (unpaired) electrons. The number of hydrogen-bond acceptors (Lipinski definition) is 5. The fraction of sp³-hybridized carbons (Fsp3) is 0.360. The normalized spacial score (nSPS) is 12.4. The molecule has 117 heavy (non-hydrogen) atoms. The summed E-state index contributed by atoms with van der Waals surface area (Å²) in [6.07, 6.45) is 39.7. The molecule has 0 saturated carbocycles. The monoisotopic (exact) mass is 1540 g/mol. The predicted molar refractivity (Wildman–Crippen MR) is 503 cm³/mol. The number of rotatable bonds is 44. The third-order valence-corrected chi connectivity index (χ3v) is 25.2. The summed E-state index contributed by atoms with van der Waals surface area (Å²) in [6.45, 7) is 13.9. The number of unbranched alkanes of at least 4 members (excludes halogenated alkanes) is 21. The lowest BCUT2D eigenvalue weighted by Gasteiger charge is -2.23. The van der Waals surface area contributed by atoms with Crippen LogP contribution in [-0.2, 0) is 6.54 Å². The van der Waals surface area contributed by atoms with Crippen LogP contribution in [0.15, 0.2) is 249 Å². The van der Waals surface area contributed by atoms with Crippen LogP contribution in [0.2, 0.25) is 0 Å². The summed E-state index contributed by atoms with van der Waals surface area (Å²) in [4.78, 5) is 17.3. The first-order chi connectivity index (χ1) is 57.9. The summed E-state index contributed by atoms with van der Waals surface area (Å²) in [5, 5.41) is 11.7. The minimum atomic E-state index is 0.471. The van der Waals surface area contributed by atoms with Crippen molar-refractivity contribution in [1.29, 1.82) is 0 Å². The van der Waals surface area contributed by atoms with Gasteiger partial charge in [-0.1, -0.05) is 395 Å². The van der Waals surface area contributed by atoms with Crippen LogP contribution >= 0.6 is 0 Å². The second kappa shape index (κ2) is 41.1. The molecule has 0 aliphatic carbocycles. The largest absolute Gasteiger partial charge is 0.493 e. The van der Waals surface area contributed by atoms with Gasteiger partial charge >= 0.3 is 0 Å². The maximum absolute atomic E-state index is 7.51. The number of nitrogens with zero attached hydrogens (tertiary/aromatic N) is 4. The van der Waals surface area contributed by atoms with Crippen molar-refractivity contribution in [2.24, 2.45) is 11.8 Å². The number of hydrogen-bond donors (Lipinski definition) is 0. The second-order valence-corrected chi connectivity index (χ2v) is 33.8. The van der Waals surface area contributed by atoms with Crippen LogP contribution in [0.25, 0.3) is 154 Å². The molecular weight excluding hydrogens is 1420 g/mol. The average molecular weight is 1550 g/mol. The highest BCUT2D eigenvalue weighted by Crippen LogP contribution is 2.47. The first kappa shape index (κ1) is 81.7. The summed E-state index contributed by atoms with van der Waals surface area (Å²) in [7, 11) is 0. The Bertz CT molecular complexity index is 5720. The van der Waals surface area contributed by atoms with E-state index in [1.807, 2.05) is 6.20 Å². The molecule has 2 atom stereocenters. The van der Waals surface area contributed by atoms with Gasteiger partial charge in [-0.25, -0.2) is 9.97 Å². The molecule has 0 aliphatic heterocycles. The van der Waals surface area contributed by atoms with E-state index in [1.54, 1.807) is 0 Å². The number of benzene rings is 13. The third kappa shape index (κ3) is 19.7. The molecule has 0 N–H and O–H groups in total. The van der Waals surface area contributed by atoms with Gasteiger partial charge in [0, 0.05) is 33.7 Å². The fourth-order valence-corrected chi connectivity index (χ4v) is 18.5. The molecule has 0 amide bonds. The molecule has 6 heteroatoms. The molecule has 15 aromatic rings. The van der Waals surface area contributed by atoms with E-state index in [1.165, 1.54) is 246 Å². The Labute approximate surface area is 698 Å². The van der Waals surface area contributed by atoms with Crippen LogP contribution in [0.4, 0.5) is 0 Å². The van der Waals surface area contributed by atoms with Gasteiger partial charge in [-0.2, -0.15) is 0 Å². The molecule has 6 nitrogen and oxygen atoms in total. The van der Waals surface area contributed by atoms with E-state index in [4.69, 9.17) is 24.4 Å². The van der Waals surface area contributed by atoms with Gasteiger partial charge in [0.15, 0.2) is 0 Å². The first-order valence-corrected chi connectivity index (χ1v) is 45.6. The van der Waals surface area contributed by atoms with Crippen molar-refractivity contribution in [2.45, 2.75) is 234 Å². The minimum Gasteiger partial charge on any atom is -0.493 e. The first-order valence-electron chi connectivity index (χ1n) is 45.6. The van der Waals surface area contributed by atoms with Crippen LogP contribution in [0.1, 0.15) is 227 Å². The van der Waals surface area contributed by atoms with Crippen LogP contribution in [-0.4, -0.2) is 32.7 Å². The van der Waals surface area contributed by atoms with Gasteiger partial charge in [-0.15, -0.1) is 0 Å². The maximum atomic E-state index is 7.51. The van der Waals surface area contributed by atoms with E-state index in [0.29, 0.717) is 25.0 Å². The maximum Gasteiger partial charge on any atom is 0.145 e. The molecule has 0 bridgehead atoms. The summed E-state index contributed by atoms with van der Waals surface area (Å²) >= 11 is 0. The Morgan fingerprint density at radius 3 is 1.23 bits per heavy atom. The summed E-state index contributed by atoms with van der Waals surface area (Å²) < 4.78 is 16.9. The lowest BCUT2D eigenvalue weighted by molar-refractivity contribution is 0.225. The van der Waals surface area contributed by atoms with Crippen LogP contribution in [0.3, 0.4) is 0 Å². The van der Waals surface area contributed by atoms with E-state index >= 15 is 0 Å². The molecule has 0 spiro atoms. The molecule has 13 aromatic carbocycles. The van der Waals surface area contributed by atoms with Gasteiger partial charge in [0.1, 0.15) is 17.3 Å². The van der Waals surface area contributed by atoms with Gasteiger partial charge in [0.25, 0.3) is 0 Å². The van der Waals surface area contributed by atoms with Gasteiger partial charge in [0.2, 0.25) is 0 Å². The molecule has 15 rings (SSSR count). The smallest absolute Gasteiger partial charge is 0.145 e. The number of imidazole rings is 1. The molecule has 2 unspecified atom stereocenters. The van der Waals surface area contributed by atoms with Crippen molar-refractivity contribution in [3.05, 3.63) is 249 Å². The van der Waals surface area contributed by atoms with Gasteiger partial charge < -0.3 is 14.0 Å². The molecule has 2 aromatic heterocycles. The second-order valence-electron chi connectivity index (χ2n) is 33.8. The summed E-state index contributed by atoms with van der Waals surface area (Å²) in [5.41, 5.74) is 18.6. The molecule has 0 aliphatic rings. The van der Waals surface area contributed by atoms with E-state index < -0.39 is 0 Å². The molecule has 0 fully saturated rings. The lowest BCUT2D eigenvalue weighted by atomic mass is 9.92. The van der Waals surface area contributed by atoms with E-state index in [0.717, 1.165) is 119 Å². The van der Waals surface area contributed by atoms with E-state index in [9.17, 15) is 0 Å². The van der Waals surface area contributed by atoms with Gasteiger partial charge in [0.05, 0.1) is 52.7 Å². The van der Waals surface area contributed by atoms with Crippen LogP contribution < -0.4 is 9.47 Å². The highest BCUT2D eigenvalue weighted by molar-refractivity contribution is 6.26. The number of fused-ring (bicyclic) bond motifs is 13. The quantitative estimate of drug-likeness (QED) is 0.0281. The molecule has 2 heterocycles.